The first-order chi connectivity index (χ1) is 20.0. The SMILES string of the molecule is O=C(NCCO)C1=CC2OC3(Cc4ccccc4C3)OC2C(OC(=O)c2cccc(C=CC3CCC4OC4C3)c2)C1. The first-order valence-electron chi connectivity index (χ1n) is 14.7. The zero-order valence-electron chi connectivity index (χ0n) is 22.9. The Balaban J connectivity index is 1.08. The number of nitrogens with one attached hydrogen (secondary N) is 1. The van der Waals surface area contributed by atoms with E-state index in [9.17, 15) is 14.7 Å². The maximum Gasteiger partial charge on any atom is 0.338 e. The van der Waals surface area contributed by atoms with Crippen molar-refractivity contribution in [3.05, 3.63) is 88.5 Å². The molecule has 7 rings (SSSR count). The van der Waals surface area contributed by atoms with Crippen molar-refractivity contribution in [2.45, 2.75) is 74.8 Å². The number of amides is 1. The minimum atomic E-state index is -0.855. The Hall–Kier alpha value is -3.30. The molecule has 2 aromatic rings. The van der Waals surface area contributed by atoms with Crippen LogP contribution >= 0.6 is 0 Å². The Bertz CT molecular complexity index is 1370. The lowest BCUT2D eigenvalue weighted by Crippen LogP contribution is -2.44. The van der Waals surface area contributed by atoms with Gasteiger partial charge in [-0.1, -0.05) is 48.6 Å². The lowest BCUT2D eigenvalue weighted by atomic mass is 9.88. The van der Waals surface area contributed by atoms with Gasteiger partial charge in [0.1, 0.15) is 18.3 Å². The minimum absolute atomic E-state index is 0.140. The number of allylic oxidation sites excluding steroid dienone is 1. The molecule has 8 nitrogen and oxygen atoms in total. The third kappa shape index (κ3) is 5.49. The number of aliphatic hydroxyl groups is 1. The molecule has 1 amide bonds. The molecule has 3 fully saturated rings. The highest BCUT2D eigenvalue weighted by Crippen LogP contribution is 2.45. The van der Waals surface area contributed by atoms with E-state index in [1.54, 1.807) is 12.1 Å². The molecule has 6 atom stereocenters. The number of carbonyl (C=O) groups excluding carboxylic acids is 2. The van der Waals surface area contributed by atoms with Gasteiger partial charge in [-0.2, -0.15) is 0 Å². The van der Waals surface area contributed by atoms with E-state index in [1.165, 1.54) is 11.1 Å². The highest BCUT2D eigenvalue weighted by Gasteiger charge is 2.55. The summed E-state index contributed by atoms with van der Waals surface area (Å²) in [5, 5.41) is 11.9. The quantitative estimate of drug-likeness (QED) is 0.396. The lowest BCUT2D eigenvalue weighted by molar-refractivity contribution is -0.172. The Morgan fingerprint density at radius 1 is 1.05 bits per heavy atom. The summed E-state index contributed by atoms with van der Waals surface area (Å²) in [6, 6.07) is 15.6. The number of esters is 1. The van der Waals surface area contributed by atoms with Crippen molar-refractivity contribution >= 4 is 18.0 Å². The molecule has 8 heteroatoms. The van der Waals surface area contributed by atoms with Crippen LogP contribution in [0.3, 0.4) is 0 Å². The van der Waals surface area contributed by atoms with E-state index in [0.717, 1.165) is 24.8 Å². The van der Waals surface area contributed by atoms with Crippen molar-refractivity contribution in [1.82, 2.24) is 5.32 Å². The summed E-state index contributed by atoms with van der Waals surface area (Å²) in [6.45, 7) is -0.0222. The zero-order valence-corrected chi connectivity index (χ0v) is 22.9. The molecular formula is C33H35NO7. The van der Waals surface area contributed by atoms with Gasteiger partial charge in [-0.05, 0) is 60.1 Å². The predicted octanol–water partition coefficient (Wildman–Crippen LogP) is 3.51. The van der Waals surface area contributed by atoms with Crippen LogP contribution in [0.1, 0.15) is 52.7 Å². The van der Waals surface area contributed by atoms with Gasteiger partial charge < -0.3 is 29.4 Å². The van der Waals surface area contributed by atoms with E-state index in [1.807, 2.05) is 30.3 Å². The molecule has 2 saturated heterocycles. The highest BCUT2D eigenvalue weighted by atomic mass is 16.8. The predicted molar refractivity (Wildman–Crippen MR) is 150 cm³/mol. The first-order valence-corrected chi connectivity index (χ1v) is 14.7. The Labute approximate surface area is 239 Å². The van der Waals surface area contributed by atoms with E-state index in [0.29, 0.717) is 42.1 Å². The molecular weight excluding hydrogens is 522 g/mol. The number of hydrogen-bond acceptors (Lipinski definition) is 7. The third-order valence-electron chi connectivity index (χ3n) is 8.89. The van der Waals surface area contributed by atoms with Crippen molar-refractivity contribution in [2.75, 3.05) is 13.2 Å². The van der Waals surface area contributed by atoms with Crippen molar-refractivity contribution in [3.63, 3.8) is 0 Å². The summed E-state index contributed by atoms with van der Waals surface area (Å²) < 4.78 is 24.8. The van der Waals surface area contributed by atoms with Crippen molar-refractivity contribution in [1.29, 1.82) is 0 Å². The zero-order chi connectivity index (χ0) is 28.0. The number of epoxide rings is 1. The number of rotatable bonds is 7. The van der Waals surface area contributed by atoms with Gasteiger partial charge >= 0.3 is 5.97 Å². The van der Waals surface area contributed by atoms with Crippen LogP contribution in [0.5, 0.6) is 0 Å². The van der Waals surface area contributed by atoms with E-state index in [2.05, 4.69) is 29.6 Å². The topological polar surface area (TPSA) is 107 Å². The first kappa shape index (κ1) is 26.6. The van der Waals surface area contributed by atoms with Gasteiger partial charge in [0.25, 0.3) is 0 Å². The smallest absolute Gasteiger partial charge is 0.338 e. The largest absolute Gasteiger partial charge is 0.456 e. The van der Waals surface area contributed by atoms with Crippen LogP contribution in [0.2, 0.25) is 0 Å². The summed E-state index contributed by atoms with van der Waals surface area (Å²) in [5.41, 5.74) is 4.19. The molecule has 2 aromatic carbocycles. The minimum Gasteiger partial charge on any atom is -0.456 e. The molecule has 214 valence electrons. The summed E-state index contributed by atoms with van der Waals surface area (Å²) in [4.78, 5) is 26.3. The van der Waals surface area contributed by atoms with Gasteiger partial charge in [-0.3, -0.25) is 4.79 Å². The Morgan fingerprint density at radius 3 is 2.66 bits per heavy atom. The van der Waals surface area contributed by atoms with E-state index in [4.69, 9.17) is 18.9 Å². The fourth-order valence-corrected chi connectivity index (χ4v) is 6.78. The van der Waals surface area contributed by atoms with Gasteiger partial charge in [-0.15, -0.1) is 0 Å². The number of fused-ring (bicyclic) bond motifs is 3. The highest BCUT2D eigenvalue weighted by molar-refractivity contribution is 5.94. The molecule has 1 spiro atoms. The molecule has 41 heavy (non-hydrogen) atoms. The van der Waals surface area contributed by atoms with E-state index in [-0.39, 0.29) is 25.5 Å². The molecule has 0 aromatic heterocycles. The van der Waals surface area contributed by atoms with Gasteiger partial charge in [0, 0.05) is 31.4 Å². The van der Waals surface area contributed by atoms with Gasteiger partial charge in [0.2, 0.25) is 5.91 Å². The molecule has 2 aliphatic heterocycles. The summed E-state index contributed by atoms with van der Waals surface area (Å²) in [6.07, 6.45) is 9.88. The van der Waals surface area contributed by atoms with Gasteiger partial charge in [0.15, 0.2) is 5.79 Å². The van der Waals surface area contributed by atoms with E-state index >= 15 is 0 Å². The molecule has 1 saturated carbocycles. The van der Waals surface area contributed by atoms with Crippen molar-refractivity contribution in [3.8, 4) is 0 Å². The van der Waals surface area contributed by atoms with E-state index < -0.39 is 30.1 Å². The van der Waals surface area contributed by atoms with Crippen molar-refractivity contribution < 1.29 is 33.6 Å². The number of benzene rings is 2. The third-order valence-corrected chi connectivity index (χ3v) is 8.89. The second-order valence-corrected chi connectivity index (χ2v) is 11.8. The number of aliphatic hydroxyl groups excluding tert-OH is 1. The summed E-state index contributed by atoms with van der Waals surface area (Å²) in [5.74, 6) is -1.14. The average molecular weight is 558 g/mol. The fraction of sp³-hybridized carbons (Fsp3) is 0.455. The lowest BCUT2D eigenvalue weighted by Gasteiger charge is -2.30. The maximum absolute atomic E-state index is 13.4. The normalized spacial score (nSPS) is 30.8. The molecule has 2 N–H and O–H groups in total. The fourth-order valence-electron chi connectivity index (χ4n) is 6.78. The molecule has 6 unspecified atom stereocenters. The Kier molecular flexibility index (Phi) is 7.03. The second kappa shape index (κ2) is 10.8. The summed E-state index contributed by atoms with van der Waals surface area (Å²) in [7, 11) is 0. The monoisotopic (exact) mass is 557 g/mol. The van der Waals surface area contributed by atoms with Gasteiger partial charge in [0.05, 0.1) is 24.4 Å². The number of carbonyl (C=O) groups is 2. The Morgan fingerprint density at radius 2 is 1.88 bits per heavy atom. The number of ether oxygens (including phenoxy) is 4. The van der Waals surface area contributed by atoms with Crippen LogP contribution in [-0.2, 0) is 36.6 Å². The average Bonchev–Trinajstić information content (AvgIpc) is 3.54. The van der Waals surface area contributed by atoms with Crippen LogP contribution in [0.15, 0.2) is 66.3 Å². The van der Waals surface area contributed by atoms with Crippen LogP contribution < -0.4 is 5.32 Å². The van der Waals surface area contributed by atoms with Crippen LogP contribution in [0, 0.1) is 5.92 Å². The summed E-state index contributed by atoms with van der Waals surface area (Å²) >= 11 is 0. The molecule has 0 bridgehead atoms. The second-order valence-electron chi connectivity index (χ2n) is 11.8. The molecule has 3 aliphatic carbocycles. The number of hydrogen-bond donors (Lipinski definition) is 2. The standard InChI is InChI=1S/C33H35NO7/c35-13-12-34-31(36)25-16-28(30-29(17-25)40-33(41-30)18-23-5-1-2-6-24(23)19-33)39-32(37)22-7-3-4-20(14-22)8-9-21-10-11-26-27(15-21)38-26/h1-9,14,17,21,26-30,35H,10-13,15-16,18-19H2,(H,34,36). The molecule has 5 aliphatic rings. The molecule has 0 radical (unpaired) electrons. The maximum atomic E-state index is 13.4. The van der Waals surface area contributed by atoms with Gasteiger partial charge in [-0.25, -0.2) is 4.79 Å². The van der Waals surface area contributed by atoms with Crippen LogP contribution in [0.4, 0.5) is 0 Å². The van der Waals surface area contributed by atoms with Crippen molar-refractivity contribution in [2.24, 2.45) is 5.92 Å². The molecule has 2 heterocycles. The van der Waals surface area contributed by atoms with Crippen LogP contribution in [-0.4, -0.2) is 66.4 Å². The van der Waals surface area contributed by atoms with Crippen LogP contribution in [0.25, 0.3) is 6.08 Å².